The molecule has 2 nitrogen and oxygen atoms in total. The lowest BCUT2D eigenvalue weighted by atomic mass is 10.1. The minimum atomic E-state index is -4.60. The van der Waals surface area contributed by atoms with Gasteiger partial charge in [0.05, 0.1) is 5.56 Å². The molecule has 0 heterocycles. The normalized spacial score (nSPS) is 11.2. The average Bonchev–Trinajstić information content (AvgIpc) is 2.44. The van der Waals surface area contributed by atoms with Gasteiger partial charge in [-0.05, 0) is 54.2 Å². The van der Waals surface area contributed by atoms with Gasteiger partial charge in [0.1, 0.15) is 5.82 Å². The molecule has 122 valence electrons. The van der Waals surface area contributed by atoms with Gasteiger partial charge in [-0.25, -0.2) is 4.39 Å². The standard InChI is InChI=1S/C15H11ClF4N2S/c16-11-2-1-3-13(7-11)22-14(23)21-8-9-4-10(15(18,19)20)6-12(17)5-9/h1-7H,8H2,(H2,21,22,23). The van der Waals surface area contributed by atoms with E-state index in [1.54, 1.807) is 24.3 Å². The summed E-state index contributed by atoms with van der Waals surface area (Å²) in [6.07, 6.45) is -4.60. The highest BCUT2D eigenvalue weighted by Crippen LogP contribution is 2.30. The molecule has 0 amide bonds. The van der Waals surface area contributed by atoms with Gasteiger partial charge < -0.3 is 10.6 Å². The lowest BCUT2D eigenvalue weighted by Crippen LogP contribution is -2.28. The van der Waals surface area contributed by atoms with Crippen LogP contribution >= 0.6 is 23.8 Å². The molecule has 2 N–H and O–H groups in total. The average molecular weight is 363 g/mol. The summed E-state index contributed by atoms with van der Waals surface area (Å²) in [6, 6.07) is 9.11. The lowest BCUT2D eigenvalue weighted by Gasteiger charge is -2.13. The van der Waals surface area contributed by atoms with Crippen molar-refractivity contribution in [3.8, 4) is 0 Å². The van der Waals surface area contributed by atoms with Crippen molar-refractivity contribution in [1.82, 2.24) is 5.32 Å². The van der Waals surface area contributed by atoms with Gasteiger partial charge in [-0.1, -0.05) is 17.7 Å². The largest absolute Gasteiger partial charge is 0.416 e. The van der Waals surface area contributed by atoms with Gasteiger partial charge in [-0.2, -0.15) is 13.2 Å². The fourth-order valence-corrected chi connectivity index (χ4v) is 2.22. The second-order valence-electron chi connectivity index (χ2n) is 4.66. The molecular weight excluding hydrogens is 352 g/mol. The third kappa shape index (κ3) is 5.37. The fraction of sp³-hybridized carbons (Fsp3) is 0.133. The zero-order valence-electron chi connectivity index (χ0n) is 11.5. The number of nitrogens with one attached hydrogen (secondary N) is 2. The number of benzene rings is 2. The van der Waals surface area contributed by atoms with E-state index in [1.807, 2.05) is 0 Å². The molecule has 0 aliphatic heterocycles. The Labute approximate surface area is 140 Å². The molecule has 0 spiro atoms. The first-order valence-electron chi connectivity index (χ1n) is 6.41. The molecule has 0 aliphatic carbocycles. The van der Waals surface area contributed by atoms with Crippen molar-refractivity contribution < 1.29 is 17.6 Å². The number of hydrogen-bond donors (Lipinski definition) is 2. The van der Waals surface area contributed by atoms with Crippen molar-refractivity contribution in [3.63, 3.8) is 0 Å². The quantitative estimate of drug-likeness (QED) is 0.594. The van der Waals surface area contributed by atoms with Gasteiger partial charge in [0, 0.05) is 17.3 Å². The second kappa shape index (κ2) is 7.14. The molecule has 0 fully saturated rings. The first kappa shape index (κ1) is 17.5. The number of thiocarbonyl (C=S) groups is 1. The molecule has 0 radical (unpaired) electrons. The Balaban J connectivity index is 2.00. The van der Waals surface area contributed by atoms with Crippen LogP contribution in [0.25, 0.3) is 0 Å². The van der Waals surface area contributed by atoms with Gasteiger partial charge in [0.25, 0.3) is 0 Å². The molecule has 2 aromatic carbocycles. The summed E-state index contributed by atoms with van der Waals surface area (Å²) in [6.45, 7) is -0.0484. The molecule has 0 saturated heterocycles. The maximum Gasteiger partial charge on any atom is 0.416 e. The molecule has 2 rings (SSSR count). The Hall–Kier alpha value is -1.86. The first-order chi connectivity index (χ1) is 10.7. The smallest absolute Gasteiger partial charge is 0.358 e. The van der Waals surface area contributed by atoms with Crippen LogP contribution in [0.1, 0.15) is 11.1 Å². The summed E-state index contributed by atoms with van der Waals surface area (Å²) in [5.41, 5.74) is -0.277. The van der Waals surface area contributed by atoms with Gasteiger partial charge in [-0.3, -0.25) is 0 Å². The molecular formula is C15H11ClF4N2S. The predicted molar refractivity (Wildman–Crippen MR) is 85.9 cm³/mol. The van der Waals surface area contributed by atoms with Crippen molar-refractivity contribution in [2.75, 3.05) is 5.32 Å². The number of alkyl halides is 3. The minimum Gasteiger partial charge on any atom is -0.358 e. The summed E-state index contributed by atoms with van der Waals surface area (Å²) in [5, 5.41) is 6.25. The van der Waals surface area contributed by atoms with E-state index in [0.717, 1.165) is 12.1 Å². The van der Waals surface area contributed by atoms with E-state index >= 15 is 0 Å². The van der Waals surface area contributed by atoms with Crippen LogP contribution in [0.2, 0.25) is 5.02 Å². The number of rotatable bonds is 3. The zero-order valence-corrected chi connectivity index (χ0v) is 13.1. The van der Waals surface area contributed by atoms with Crippen molar-refractivity contribution in [2.45, 2.75) is 12.7 Å². The van der Waals surface area contributed by atoms with E-state index in [2.05, 4.69) is 10.6 Å². The van der Waals surface area contributed by atoms with Crippen LogP contribution < -0.4 is 10.6 Å². The van der Waals surface area contributed by atoms with Crippen LogP contribution in [-0.4, -0.2) is 5.11 Å². The van der Waals surface area contributed by atoms with E-state index < -0.39 is 17.6 Å². The van der Waals surface area contributed by atoms with Gasteiger partial charge in [0.15, 0.2) is 5.11 Å². The van der Waals surface area contributed by atoms with Crippen molar-refractivity contribution in [1.29, 1.82) is 0 Å². The summed E-state index contributed by atoms with van der Waals surface area (Å²) in [5.74, 6) is -0.953. The fourth-order valence-electron chi connectivity index (χ4n) is 1.84. The Bertz CT molecular complexity index is 719. The topological polar surface area (TPSA) is 24.1 Å². The van der Waals surface area contributed by atoms with Crippen LogP contribution in [0.3, 0.4) is 0 Å². The van der Waals surface area contributed by atoms with Gasteiger partial charge >= 0.3 is 6.18 Å². The lowest BCUT2D eigenvalue weighted by molar-refractivity contribution is -0.137. The summed E-state index contributed by atoms with van der Waals surface area (Å²) in [4.78, 5) is 0. The molecule has 0 saturated carbocycles. The minimum absolute atomic E-state index is 0.0484. The second-order valence-corrected chi connectivity index (χ2v) is 5.51. The highest BCUT2D eigenvalue weighted by atomic mass is 35.5. The summed E-state index contributed by atoms with van der Waals surface area (Å²) in [7, 11) is 0. The Kier molecular flexibility index (Phi) is 5.43. The maximum atomic E-state index is 13.3. The van der Waals surface area contributed by atoms with Crippen LogP contribution in [0, 0.1) is 5.82 Å². The summed E-state index contributed by atoms with van der Waals surface area (Å²) < 4.78 is 51.2. The van der Waals surface area contributed by atoms with Crippen molar-refractivity contribution in [2.24, 2.45) is 0 Å². The predicted octanol–water partition coefficient (Wildman–Crippen LogP) is 4.98. The van der Waals surface area contributed by atoms with Crippen molar-refractivity contribution >= 4 is 34.6 Å². The van der Waals surface area contributed by atoms with E-state index in [1.165, 1.54) is 0 Å². The van der Waals surface area contributed by atoms with Crippen LogP contribution in [-0.2, 0) is 12.7 Å². The van der Waals surface area contributed by atoms with Crippen molar-refractivity contribution in [3.05, 3.63) is 64.4 Å². The molecule has 0 unspecified atom stereocenters. The third-order valence-electron chi connectivity index (χ3n) is 2.82. The molecule has 0 bridgehead atoms. The Morgan fingerprint density at radius 1 is 1.13 bits per heavy atom. The van der Waals surface area contributed by atoms with E-state index in [9.17, 15) is 17.6 Å². The SMILES string of the molecule is Fc1cc(CNC(=S)Nc2cccc(Cl)c2)cc(C(F)(F)F)c1. The van der Waals surface area contributed by atoms with Gasteiger partial charge in [0.2, 0.25) is 0 Å². The van der Waals surface area contributed by atoms with E-state index in [0.29, 0.717) is 16.8 Å². The molecule has 8 heteroatoms. The number of halogens is 5. The van der Waals surface area contributed by atoms with Crippen LogP contribution in [0.15, 0.2) is 42.5 Å². The highest BCUT2D eigenvalue weighted by molar-refractivity contribution is 7.80. The molecule has 23 heavy (non-hydrogen) atoms. The third-order valence-corrected chi connectivity index (χ3v) is 3.30. The molecule has 0 atom stereocenters. The molecule has 0 aliphatic rings. The van der Waals surface area contributed by atoms with E-state index in [-0.39, 0.29) is 17.2 Å². The maximum absolute atomic E-state index is 13.3. The molecule has 2 aromatic rings. The zero-order chi connectivity index (χ0) is 17.0. The summed E-state index contributed by atoms with van der Waals surface area (Å²) >= 11 is 10.9. The van der Waals surface area contributed by atoms with Crippen LogP contribution in [0.5, 0.6) is 0 Å². The number of anilines is 1. The number of hydrogen-bond acceptors (Lipinski definition) is 1. The van der Waals surface area contributed by atoms with E-state index in [4.69, 9.17) is 23.8 Å². The van der Waals surface area contributed by atoms with Crippen LogP contribution in [0.4, 0.5) is 23.2 Å². The Morgan fingerprint density at radius 2 is 1.87 bits per heavy atom. The highest BCUT2D eigenvalue weighted by Gasteiger charge is 2.31. The molecule has 0 aromatic heterocycles. The van der Waals surface area contributed by atoms with Gasteiger partial charge in [-0.15, -0.1) is 0 Å². The monoisotopic (exact) mass is 362 g/mol. The first-order valence-corrected chi connectivity index (χ1v) is 7.20. The Morgan fingerprint density at radius 3 is 2.52 bits per heavy atom.